The van der Waals surface area contributed by atoms with E-state index in [0.717, 1.165) is 11.3 Å². The quantitative estimate of drug-likeness (QED) is 0.727. The Hall–Kier alpha value is -3.06. The summed E-state index contributed by atoms with van der Waals surface area (Å²) in [5.74, 6) is -0.465. The van der Waals surface area contributed by atoms with Gasteiger partial charge >= 0.3 is 0 Å². The molecule has 0 spiro atoms. The molecule has 4 rings (SSSR count). The number of amides is 1. The van der Waals surface area contributed by atoms with Crippen LogP contribution in [0.25, 0.3) is 16.9 Å². The van der Waals surface area contributed by atoms with Crippen molar-refractivity contribution in [3.63, 3.8) is 0 Å². The van der Waals surface area contributed by atoms with Gasteiger partial charge in [-0.1, -0.05) is 0 Å². The van der Waals surface area contributed by atoms with Gasteiger partial charge in [0.15, 0.2) is 5.69 Å². The fourth-order valence-corrected chi connectivity index (χ4v) is 2.91. The van der Waals surface area contributed by atoms with Crippen LogP contribution < -0.4 is 0 Å². The molecule has 0 saturated carbocycles. The summed E-state index contributed by atoms with van der Waals surface area (Å²) in [6.45, 7) is 2.15. The Kier molecular flexibility index (Phi) is 4.45. The van der Waals surface area contributed by atoms with Crippen molar-refractivity contribution in [2.45, 2.75) is 0 Å². The molecule has 0 aliphatic carbocycles. The highest BCUT2D eigenvalue weighted by molar-refractivity contribution is 5.93. The second-order valence-electron chi connectivity index (χ2n) is 5.95. The van der Waals surface area contributed by atoms with Crippen molar-refractivity contribution >= 4 is 5.91 Å². The standard InChI is InChI=1S/C19H17FN4O2/c20-15-3-5-16(6-4-15)24-18(14-2-1-7-21-13-14)12-17(22-24)19(25)23-8-10-26-11-9-23/h1-7,12-13H,8-11H2. The van der Waals surface area contributed by atoms with Gasteiger partial charge in [-0.05, 0) is 42.5 Å². The number of pyridine rings is 1. The van der Waals surface area contributed by atoms with Crippen molar-refractivity contribution in [3.8, 4) is 16.9 Å². The zero-order valence-electron chi connectivity index (χ0n) is 14.0. The normalized spacial score (nSPS) is 14.4. The number of halogens is 1. The van der Waals surface area contributed by atoms with Crippen LogP contribution in [0.5, 0.6) is 0 Å². The molecule has 0 radical (unpaired) electrons. The highest BCUT2D eigenvalue weighted by atomic mass is 19.1. The predicted molar refractivity (Wildman–Crippen MR) is 93.5 cm³/mol. The van der Waals surface area contributed by atoms with E-state index < -0.39 is 0 Å². The van der Waals surface area contributed by atoms with Crippen LogP contribution in [0.1, 0.15) is 10.5 Å². The average molecular weight is 352 g/mol. The van der Waals surface area contributed by atoms with Gasteiger partial charge < -0.3 is 9.64 Å². The SMILES string of the molecule is O=C(c1cc(-c2cccnc2)n(-c2ccc(F)cc2)n1)N1CCOCC1. The van der Waals surface area contributed by atoms with Gasteiger partial charge in [0.1, 0.15) is 5.82 Å². The summed E-state index contributed by atoms with van der Waals surface area (Å²) < 4.78 is 20.2. The lowest BCUT2D eigenvalue weighted by Crippen LogP contribution is -2.40. The first-order valence-electron chi connectivity index (χ1n) is 8.36. The molecule has 7 heteroatoms. The van der Waals surface area contributed by atoms with Gasteiger partial charge in [-0.15, -0.1) is 0 Å². The number of ether oxygens (including phenoxy) is 1. The predicted octanol–water partition coefficient (Wildman–Crippen LogP) is 2.55. The molecule has 0 atom stereocenters. The molecule has 1 amide bonds. The molecule has 1 fully saturated rings. The Balaban J connectivity index is 1.77. The number of hydrogen-bond donors (Lipinski definition) is 0. The lowest BCUT2D eigenvalue weighted by atomic mass is 10.2. The molecule has 1 aromatic carbocycles. The van der Waals surface area contributed by atoms with Crippen LogP contribution in [-0.4, -0.2) is 51.9 Å². The van der Waals surface area contributed by atoms with Gasteiger partial charge in [-0.25, -0.2) is 9.07 Å². The molecule has 0 unspecified atom stereocenters. The minimum atomic E-state index is -0.326. The maximum absolute atomic E-state index is 13.3. The van der Waals surface area contributed by atoms with E-state index in [2.05, 4.69) is 10.1 Å². The summed E-state index contributed by atoms with van der Waals surface area (Å²) in [7, 11) is 0. The van der Waals surface area contributed by atoms with Crippen LogP contribution in [0.2, 0.25) is 0 Å². The van der Waals surface area contributed by atoms with Crippen LogP contribution in [0.3, 0.4) is 0 Å². The number of aromatic nitrogens is 3. The molecule has 3 aromatic rings. The fraction of sp³-hybridized carbons (Fsp3) is 0.211. The van der Waals surface area contributed by atoms with Crippen molar-refractivity contribution in [1.29, 1.82) is 0 Å². The molecule has 1 aliphatic heterocycles. The lowest BCUT2D eigenvalue weighted by molar-refractivity contribution is 0.0298. The van der Waals surface area contributed by atoms with E-state index in [4.69, 9.17) is 4.74 Å². The summed E-state index contributed by atoms with van der Waals surface area (Å²) in [5, 5.41) is 4.50. The molecule has 0 N–H and O–H groups in total. The van der Waals surface area contributed by atoms with E-state index in [-0.39, 0.29) is 11.7 Å². The van der Waals surface area contributed by atoms with Crippen molar-refractivity contribution in [1.82, 2.24) is 19.7 Å². The van der Waals surface area contributed by atoms with Gasteiger partial charge in [0.25, 0.3) is 5.91 Å². The smallest absolute Gasteiger partial charge is 0.274 e. The van der Waals surface area contributed by atoms with Crippen molar-refractivity contribution in [3.05, 3.63) is 66.4 Å². The number of nitrogens with zero attached hydrogens (tertiary/aromatic N) is 4. The maximum Gasteiger partial charge on any atom is 0.274 e. The third kappa shape index (κ3) is 3.21. The fourth-order valence-electron chi connectivity index (χ4n) is 2.91. The van der Waals surface area contributed by atoms with E-state index in [1.165, 1.54) is 12.1 Å². The van der Waals surface area contributed by atoms with Crippen LogP contribution >= 0.6 is 0 Å². The van der Waals surface area contributed by atoms with Gasteiger partial charge in [-0.3, -0.25) is 9.78 Å². The van der Waals surface area contributed by atoms with Gasteiger partial charge in [0.05, 0.1) is 24.6 Å². The topological polar surface area (TPSA) is 60.2 Å². The Labute approximate surface area is 149 Å². The summed E-state index contributed by atoms with van der Waals surface area (Å²) >= 11 is 0. The molecule has 26 heavy (non-hydrogen) atoms. The molecule has 132 valence electrons. The Morgan fingerprint density at radius 1 is 1.12 bits per heavy atom. The van der Waals surface area contributed by atoms with Crippen LogP contribution in [0.4, 0.5) is 4.39 Å². The minimum Gasteiger partial charge on any atom is -0.378 e. The zero-order chi connectivity index (χ0) is 17.9. The number of rotatable bonds is 3. The molecule has 1 saturated heterocycles. The maximum atomic E-state index is 13.3. The summed E-state index contributed by atoms with van der Waals surface area (Å²) in [4.78, 5) is 18.7. The van der Waals surface area contributed by atoms with Gasteiger partial charge in [0, 0.05) is 31.0 Å². The lowest BCUT2D eigenvalue weighted by Gasteiger charge is -2.25. The number of hydrogen-bond acceptors (Lipinski definition) is 4. The van der Waals surface area contributed by atoms with Crippen LogP contribution in [0, 0.1) is 5.82 Å². The molecule has 2 aromatic heterocycles. The number of morpholine rings is 1. The second-order valence-corrected chi connectivity index (χ2v) is 5.95. The molecule has 1 aliphatic rings. The molecule has 0 bridgehead atoms. The monoisotopic (exact) mass is 352 g/mol. The first-order valence-corrected chi connectivity index (χ1v) is 8.36. The van der Waals surface area contributed by atoms with Gasteiger partial charge in [-0.2, -0.15) is 5.10 Å². The molecule has 3 heterocycles. The van der Waals surface area contributed by atoms with Crippen molar-refractivity contribution in [2.24, 2.45) is 0 Å². The Morgan fingerprint density at radius 2 is 1.88 bits per heavy atom. The van der Waals surface area contributed by atoms with Crippen LogP contribution in [0.15, 0.2) is 54.9 Å². The largest absolute Gasteiger partial charge is 0.378 e. The first kappa shape index (κ1) is 16.4. The van der Waals surface area contributed by atoms with E-state index in [9.17, 15) is 9.18 Å². The molecular weight excluding hydrogens is 335 g/mol. The number of benzene rings is 1. The zero-order valence-corrected chi connectivity index (χ0v) is 14.0. The highest BCUT2D eigenvalue weighted by Gasteiger charge is 2.23. The van der Waals surface area contributed by atoms with E-state index in [1.807, 2.05) is 12.1 Å². The summed E-state index contributed by atoms with van der Waals surface area (Å²) in [6, 6.07) is 11.5. The number of carbonyl (C=O) groups excluding carboxylic acids is 1. The summed E-state index contributed by atoms with van der Waals surface area (Å²) in [6.07, 6.45) is 3.39. The van der Waals surface area contributed by atoms with Crippen LogP contribution in [-0.2, 0) is 4.74 Å². The highest BCUT2D eigenvalue weighted by Crippen LogP contribution is 2.24. The third-order valence-electron chi connectivity index (χ3n) is 4.26. The first-order chi connectivity index (χ1) is 12.7. The van der Waals surface area contributed by atoms with Crippen molar-refractivity contribution in [2.75, 3.05) is 26.3 Å². The number of carbonyl (C=O) groups is 1. The third-order valence-corrected chi connectivity index (χ3v) is 4.26. The Bertz CT molecular complexity index is 903. The summed E-state index contributed by atoms with van der Waals surface area (Å²) in [5.41, 5.74) is 2.56. The van der Waals surface area contributed by atoms with E-state index >= 15 is 0 Å². The Morgan fingerprint density at radius 3 is 2.58 bits per heavy atom. The van der Waals surface area contributed by atoms with E-state index in [1.54, 1.807) is 40.2 Å². The van der Waals surface area contributed by atoms with Crippen molar-refractivity contribution < 1.29 is 13.9 Å². The second kappa shape index (κ2) is 7.05. The molecule has 6 nitrogen and oxygen atoms in total. The van der Waals surface area contributed by atoms with Gasteiger partial charge in [0.2, 0.25) is 0 Å². The molecular formula is C19H17FN4O2. The average Bonchev–Trinajstić information content (AvgIpc) is 3.15. The minimum absolute atomic E-state index is 0.140. The van der Waals surface area contributed by atoms with E-state index in [0.29, 0.717) is 37.7 Å².